The summed E-state index contributed by atoms with van der Waals surface area (Å²) in [6.07, 6.45) is 0.920. The molecule has 0 aliphatic heterocycles. The van der Waals surface area contributed by atoms with Gasteiger partial charge in [-0.25, -0.2) is 0 Å². The van der Waals surface area contributed by atoms with Gasteiger partial charge in [-0.3, -0.25) is 4.79 Å². The van der Waals surface area contributed by atoms with E-state index in [4.69, 9.17) is 4.74 Å². The summed E-state index contributed by atoms with van der Waals surface area (Å²) in [4.78, 5) is 10.9. The lowest BCUT2D eigenvalue weighted by atomic mass is 9.84. The van der Waals surface area contributed by atoms with Gasteiger partial charge in [0.15, 0.2) is 0 Å². The second kappa shape index (κ2) is 3.17. The molecule has 0 fully saturated rings. The SMILES string of the molecule is CC(=O)OC1CC(C)=C(C)C1(C)C. The Labute approximate surface area is 80.0 Å². The average Bonchev–Trinajstić information content (AvgIpc) is 2.15. The largest absolute Gasteiger partial charge is 0.461 e. The van der Waals surface area contributed by atoms with Crippen LogP contribution in [0.15, 0.2) is 11.1 Å². The quantitative estimate of drug-likeness (QED) is 0.460. The smallest absolute Gasteiger partial charge is 0.302 e. The molecule has 2 heteroatoms. The van der Waals surface area contributed by atoms with Crippen LogP contribution in [0.2, 0.25) is 0 Å². The number of ether oxygens (including phenoxy) is 1. The zero-order chi connectivity index (χ0) is 10.2. The van der Waals surface area contributed by atoms with Crippen molar-refractivity contribution < 1.29 is 9.53 Å². The third-order valence-corrected chi connectivity index (χ3v) is 3.21. The Morgan fingerprint density at radius 2 is 2.00 bits per heavy atom. The van der Waals surface area contributed by atoms with Crippen LogP contribution in [0.5, 0.6) is 0 Å². The molecule has 1 aliphatic carbocycles. The Hall–Kier alpha value is -0.790. The van der Waals surface area contributed by atoms with Gasteiger partial charge in [-0.05, 0) is 13.8 Å². The van der Waals surface area contributed by atoms with Crippen LogP contribution in [0.1, 0.15) is 41.0 Å². The zero-order valence-electron chi connectivity index (χ0n) is 9.10. The van der Waals surface area contributed by atoms with Crippen LogP contribution in [0.4, 0.5) is 0 Å². The predicted molar refractivity (Wildman–Crippen MR) is 52.3 cm³/mol. The third kappa shape index (κ3) is 1.77. The Bertz CT molecular complexity index is 261. The van der Waals surface area contributed by atoms with E-state index in [1.54, 1.807) is 0 Å². The van der Waals surface area contributed by atoms with Crippen LogP contribution in [-0.4, -0.2) is 12.1 Å². The Morgan fingerprint density at radius 3 is 2.31 bits per heavy atom. The van der Waals surface area contributed by atoms with Gasteiger partial charge in [0, 0.05) is 18.8 Å². The molecule has 2 nitrogen and oxygen atoms in total. The maximum absolute atomic E-state index is 10.9. The van der Waals surface area contributed by atoms with E-state index in [9.17, 15) is 4.79 Å². The topological polar surface area (TPSA) is 26.3 Å². The van der Waals surface area contributed by atoms with Gasteiger partial charge in [-0.1, -0.05) is 25.0 Å². The van der Waals surface area contributed by atoms with Crippen LogP contribution in [-0.2, 0) is 9.53 Å². The summed E-state index contributed by atoms with van der Waals surface area (Å²) >= 11 is 0. The first-order valence-electron chi connectivity index (χ1n) is 4.69. The lowest BCUT2D eigenvalue weighted by Crippen LogP contribution is -2.30. The molecule has 0 aromatic rings. The fourth-order valence-electron chi connectivity index (χ4n) is 1.87. The molecule has 0 bridgehead atoms. The molecule has 0 spiro atoms. The molecule has 0 amide bonds. The predicted octanol–water partition coefficient (Wildman–Crippen LogP) is 2.68. The van der Waals surface area contributed by atoms with E-state index in [-0.39, 0.29) is 17.5 Å². The molecule has 0 saturated carbocycles. The van der Waals surface area contributed by atoms with E-state index in [0.29, 0.717) is 0 Å². The monoisotopic (exact) mass is 182 g/mol. The first-order chi connectivity index (χ1) is 5.85. The highest BCUT2D eigenvalue weighted by atomic mass is 16.5. The van der Waals surface area contributed by atoms with Crippen molar-refractivity contribution in [2.75, 3.05) is 0 Å². The highest BCUT2D eigenvalue weighted by Crippen LogP contribution is 2.43. The molecule has 0 saturated heterocycles. The maximum Gasteiger partial charge on any atom is 0.302 e. The number of carbonyl (C=O) groups excluding carboxylic acids is 1. The minimum absolute atomic E-state index is 0.00968. The summed E-state index contributed by atoms with van der Waals surface area (Å²) in [5.41, 5.74) is 2.73. The van der Waals surface area contributed by atoms with Gasteiger partial charge in [-0.2, -0.15) is 0 Å². The molecule has 0 heterocycles. The first-order valence-corrected chi connectivity index (χ1v) is 4.69. The van der Waals surface area contributed by atoms with Crippen molar-refractivity contribution in [3.05, 3.63) is 11.1 Å². The van der Waals surface area contributed by atoms with E-state index in [0.717, 1.165) is 6.42 Å². The number of rotatable bonds is 1. The van der Waals surface area contributed by atoms with E-state index < -0.39 is 0 Å². The van der Waals surface area contributed by atoms with Gasteiger partial charge in [0.25, 0.3) is 0 Å². The number of carbonyl (C=O) groups is 1. The zero-order valence-corrected chi connectivity index (χ0v) is 9.10. The van der Waals surface area contributed by atoms with Crippen molar-refractivity contribution in [1.82, 2.24) is 0 Å². The molecule has 0 N–H and O–H groups in total. The summed E-state index contributed by atoms with van der Waals surface area (Å²) in [5, 5.41) is 0. The van der Waals surface area contributed by atoms with Crippen molar-refractivity contribution in [3.8, 4) is 0 Å². The normalized spacial score (nSPS) is 26.4. The summed E-state index contributed by atoms with van der Waals surface area (Å²) in [7, 11) is 0. The average molecular weight is 182 g/mol. The molecule has 1 atom stereocenters. The summed E-state index contributed by atoms with van der Waals surface area (Å²) in [6.45, 7) is 9.97. The first kappa shape index (κ1) is 10.3. The molecule has 13 heavy (non-hydrogen) atoms. The molecule has 1 aliphatic rings. The fraction of sp³-hybridized carbons (Fsp3) is 0.727. The second-order valence-corrected chi connectivity index (χ2v) is 4.43. The molecular formula is C11H18O2. The Balaban J connectivity index is 2.80. The lowest BCUT2D eigenvalue weighted by Gasteiger charge is -2.28. The van der Waals surface area contributed by atoms with Gasteiger partial charge in [0.2, 0.25) is 0 Å². The van der Waals surface area contributed by atoms with Gasteiger partial charge < -0.3 is 4.74 Å². The molecule has 74 valence electrons. The Morgan fingerprint density at radius 1 is 1.46 bits per heavy atom. The van der Waals surface area contributed by atoms with Gasteiger partial charge in [-0.15, -0.1) is 0 Å². The van der Waals surface area contributed by atoms with Crippen LogP contribution >= 0.6 is 0 Å². The van der Waals surface area contributed by atoms with Crippen molar-refractivity contribution in [2.45, 2.75) is 47.1 Å². The number of hydrogen-bond acceptors (Lipinski definition) is 2. The van der Waals surface area contributed by atoms with Crippen LogP contribution in [0.25, 0.3) is 0 Å². The van der Waals surface area contributed by atoms with E-state index in [1.165, 1.54) is 18.1 Å². The van der Waals surface area contributed by atoms with Crippen molar-refractivity contribution in [2.24, 2.45) is 5.41 Å². The second-order valence-electron chi connectivity index (χ2n) is 4.43. The number of hydrogen-bond donors (Lipinski definition) is 0. The minimum atomic E-state index is -0.180. The highest BCUT2D eigenvalue weighted by Gasteiger charge is 2.39. The molecule has 0 aromatic carbocycles. The number of esters is 1. The lowest BCUT2D eigenvalue weighted by molar-refractivity contribution is -0.150. The maximum atomic E-state index is 10.9. The fourth-order valence-corrected chi connectivity index (χ4v) is 1.87. The standard InChI is InChI=1S/C11H18O2/c1-7-6-10(13-9(3)12)11(4,5)8(7)2/h10H,6H2,1-5H3. The van der Waals surface area contributed by atoms with Gasteiger partial charge in [0.1, 0.15) is 6.10 Å². The van der Waals surface area contributed by atoms with E-state index >= 15 is 0 Å². The van der Waals surface area contributed by atoms with Crippen LogP contribution < -0.4 is 0 Å². The summed E-state index contributed by atoms with van der Waals surface area (Å²) in [6, 6.07) is 0. The third-order valence-electron chi connectivity index (χ3n) is 3.21. The molecule has 1 unspecified atom stereocenters. The van der Waals surface area contributed by atoms with E-state index in [1.807, 2.05) is 0 Å². The highest BCUT2D eigenvalue weighted by molar-refractivity contribution is 5.66. The minimum Gasteiger partial charge on any atom is -0.461 e. The molecular weight excluding hydrogens is 164 g/mol. The molecule has 0 radical (unpaired) electrons. The van der Waals surface area contributed by atoms with E-state index in [2.05, 4.69) is 27.7 Å². The summed E-state index contributed by atoms with van der Waals surface area (Å²) in [5.74, 6) is -0.180. The van der Waals surface area contributed by atoms with Crippen molar-refractivity contribution in [1.29, 1.82) is 0 Å². The Kier molecular flexibility index (Phi) is 2.51. The molecule has 0 aromatic heterocycles. The van der Waals surface area contributed by atoms with Crippen molar-refractivity contribution >= 4 is 5.97 Å². The van der Waals surface area contributed by atoms with Gasteiger partial charge >= 0.3 is 5.97 Å². The van der Waals surface area contributed by atoms with Crippen LogP contribution in [0, 0.1) is 5.41 Å². The van der Waals surface area contributed by atoms with Gasteiger partial charge in [0.05, 0.1) is 0 Å². The van der Waals surface area contributed by atoms with Crippen LogP contribution in [0.3, 0.4) is 0 Å². The van der Waals surface area contributed by atoms with Crippen molar-refractivity contribution in [3.63, 3.8) is 0 Å². The summed E-state index contributed by atoms with van der Waals surface area (Å²) < 4.78 is 5.29. The molecule has 1 rings (SSSR count).